The zero-order valence-corrected chi connectivity index (χ0v) is 10.7. The quantitative estimate of drug-likeness (QED) is 0.905. The second-order valence-corrected chi connectivity index (χ2v) is 5.23. The van der Waals surface area contributed by atoms with Gasteiger partial charge in [0.15, 0.2) is 0 Å². The van der Waals surface area contributed by atoms with Crippen molar-refractivity contribution in [2.45, 2.75) is 25.4 Å². The molecule has 0 aliphatic carbocycles. The monoisotopic (exact) mass is 286 g/mol. The highest BCUT2D eigenvalue weighted by atomic mass is 79.9. The second kappa shape index (κ2) is 5.25. The van der Waals surface area contributed by atoms with Gasteiger partial charge in [0.05, 0.1) is 0 Å². The summed E-state index contributed by atoms with van der Waals surface area (Å²) in [5.41, 5.74) is 7.05. The zero-order chi connectivity index (χ0) is 11.5. The first-order valence-corrected chi connectivity index (χ1v) is 6.36. The van der Waals surface area contributed by atoms with Crippen LogP contribution in [0, 0.1) is 5.82 Å². The SMILES string of the molecule is N[C@@H]1CCCN(Cc2ccc(F)cc2Br)C1. The third-order valence-electron chi connectivity index (χ3n) is 2.95. The molecule has 4 heteroatoms. The molecular weight excluding hydrogens is 271 g/mol. The molecule has 1 fully saturated rings. The fourth-order valence-electron chi connectivity index (χ4n) is 2.13. The van der Waals surface area contributed by atoms with Crippen LogP contribution in [-0.4, -0.2) is 24.0 Å². The summed E-state index contributed by atoms with van der Waals surface area (Å²) in [5, 5.41) is 0. The van der Waals surface area contributed by atoms with Crippen molar-refractivity contribution in [2.75, 3.05) is 13.1 Å². The first-order chi connectivity index (χ1) is 7.65. The molecule has 2 nitrogen and oxygen atoms in total. The maximum atomic E-state index is 12.9. The summed E-state index contributed by atoms with van der Waals surface area (Å²) in [6.07, 6.45) is 2.26. The van der Waals surface area contributed by atoms with E-state index in [2.05, 4.69) is 20.8 Å². The predicted molar refractivity (Wildman–Crippen MR) is 66.6 cm³/mol. The lowest BCUT2D eigenvalue weighted by atomic mass is 10.1. The lowest BCUT2D eigenvalue weighted by Crippen LogP contribution is -2.42. The van der Waals surface area contributed by atoms with Gasteiger partial charge in [-0.2, -0.15) is 0 Å². The van der Waals surface area contributed by atoms with Gasteiger partial charge in [-0.3, -0.25) is 4.90 Å². The van der Waals surface area contributed by atoms with Crippen molar-refractivity contribution in [3.63, 3.8) is 0 Å². The van der Waals surface area contributed by atoms with Crippen molar-refractivity contribution >= 4 is 15.9 Å². The van der Waals surface area contributed by atoms with E-state index in [1.54, 1.807) is 0 Å². The summed E-state index contributed by atoms with van der Waals surface area (Å²) < 4.78 is 13.8. The second-order valence-electron chi connectivity index (χ2n) is 4.37. The standard InChI is InChI=1S/C12H16BrFN2/c13-12-6-10(14)4-3-9(12)7-16-5-1-2-11(15)8-16/h3-4,6,11H,1-2,5,7-8,15H2/t11-/m1/s1. The number of hydrogen-bond acceptors (Lipinski definition) is 2. The molecule has 2 N–H and O–H groups in total. The first kappa shape index (κ1) is 12.0. The van der Waals surface area contributed by atoms with Crippen molar-refractivity contribution in [1.29, 1.82) is 0 Å². The molecule has 1 aliphatic rings. The molecule has 16 heavy (non-hydrogen) atoms. The fraction of sp³-hybridized carbons (Fsp3) is 0.500. The van der Waals surface area contributed by atoms with Crippen LogP contribution in [0.5, 0.6) is 0 Å². The van der Waals surface area contributed by atoms with Gasteiger partial charge in [0.25, 0.3) is 0 Å². The molecule has 0 bridgehead atoms. The topological polar surface area (TPSA) is 29.3 Å². The van der Waals surface area contributed by atoms with Crippen molar-refractivity contribution in [1.82, 2.24) is 4.90 Å². The zero-order valence-electron chi connectivity index (χ0n) is 9.13. The summed E-state index contributed by atoms with van der Waals surface area (Å²) in [7, 11) is 0. The van der Waals surface area contributed by atoms with Crippen LogP contribution >= 0.6 is 15.9 Å². The molecular formula is C12H16BrFN2. The molecule has 0 saturated carbocycles. The predicted octanol–water partition coefficient (Wildman–Crippen LogP) is 2.51. The summed E-state index contributed by atoms with van der Waals surface area (Å²) >= 11 is 3.39. The lowest BCUT2D eigenvalue weighted by molar-refractivity contribution is 0.201. The third-order valence-corrected chi connectivity index (χ3v) is 3.69. The molecule has 1 atom stereocenters. The van der Waals surface area contributed by atoms with Gasteiger partial charge in [-0.1, -0.05) is 22.0 Å². The Morgan fingerprint density at radius 1 is 1.50 bits per heavy atom. The Labute approximate surface area is 104 Å². The Bertz CT molecular complexity index is 370. The minimum Gasteiger partial charge on any atom is -0.327 e. The van der Waals surface area contributed by atoms with Gasteiger partial charge in [-0.25, -0.2) is 4.39 Å². The van der Waals surface area contributed by atoms with E-state index in [-0.39, 0.29) is 11.9 Å². The Morgan fingerprint density at radius 3 is 3.00 bits per heavy atom. The molecule has 0 radical (unpaired) electrons. The van der Waals surface area contributed by atoms with Crippen LogP contribution < -0.4 is 5.73 Å². The molecule has 0 amide bonds. The molecule has 1 saturated heterocycles. The fourth-order valence-corrected chi connectivity index (χ4v) is 2.60. The number of halogens is 2. The van der Waals surface area contributed by atoms with E-state index in [9.17, 15) is 4.39 Å². The van der Waals surface area contributed by atoms with Gasteiger partial charge < -0.3 is 5.73 Å². The highest BCUT2D eigenvalue weighted by Crippen LogP contribution is 2.21. The largest absolute Gasteiger partial charge is 0.327 e. The van der Waals surface area contributed by atoms with Crippen molar-refractivity contribution in [3.05, 3.63) is 34.1 Å². The van der Waals surface area contributed by atoms with Crippen LogP contribution in [0.4, 0.5) is 4.39 Å². The highest BCUT2D eigenvalue weighted by Gasteiger charge is 2.17. The molecule has 0 spiro atoms. The maximum absolute atomic E-state index is 12.9. The van der Waals surface area contributed by atoms with E-state index in [4.69, 9.17) is 5.73 Å². The summed E-state index contributed by atoms with van der Waals surface area (Å²) in [6.45, 7) is 2.86. The number of likely N-dealkylation sites (tertiary alicyclic amines) is 1. The van der Waals surface area contributed by atoms with Crippen LogP contribution in [0.1, 0.15) is 18.4 Å². The third kappa shape index (κ3) is 3.03. The minimum atomic E-state index is -0.203. The van der Waals surface area contributed by atoms with Crippen LogP contribution in [0.2, 0.25) is 0 Å². The van der Waals surface area contributed by atoms with Gasteiger partial charge in [0.2, 0.25) is 0 Å². The Balaban J connectivity index is 2.02. The van der Waals surface area contributed by atoms with E-state index >= 15 is 0 Å². The minimum absolute atomic E-state index is 0.203. The summed E-state index contributed by atoms with van der Waals surface area (Å²) in [6, 6.07) is 5.14. The van der Waals surface area contributed by atoms with Crippen LogP contribution in [0.15, 0.2) is 22.7 Å². The molecule has 1 aliphatic heterocycles. The number of nitrogens with zero attached hydrogens (tertiary/aromatic N) is 1. The number of hydrogen-bond donors (Lipinski definition) is 1. The van der Waals surface area contributed by atoms with Crippen LogP contribution in [0.3, 0.4) is 0 Å². The van der Waals surface area contributed by atoms with E-state index in [1.165, 1.54) is 12.1 Å². The molecule has 1 heterocycles. The van der Waals surface area contributed by atoms with E-state index in [0.29, 0.717) is 0 Å². The van der Waals surface area contributed by atoms with Crippen molar-refractivity contribution < 1.29 is 4.39 Å². The maximum Gasteiger partial charge on any atom is 0.124 e. The van der Waals surface area contributed by atoms with E-state index < -0.39 is 0 Å². The van der Waals surface area contributed by atoms with Gasteiger partial charge in [0.1, 0.15) is 5.82 Å². The smallest absolute Gasteiger partial charge is 0.124 e. The average molecular weight is 287 g/mol. The molecule has 0 unspecified atom stereocenters. The van der Waals surface area contributed by atoms with Gasteiger partial charge in [-0.15, -0.1) is 0 Å². The number of benzene rings is 1. The van der Waals surface area contributed by atoms with Gasteiger partial charge >= 0.3 is 0 Å². The Kier molecular flexibility index (Phi) is 3.95. The number of nitrogens with two attached hydrogens (primary N) is 1. The number of piperidine rings is 1. The van der Waals surface area contributed by atoms with E-state index in [0.717, 1.165) is 42.5 Å². The Hall–Kier alpha value is -0.450. The Morgan fingerprint density at radius 2 is 2.31 bits per heavy atom. The molecule has 1 aromatic carbocycles. The highest BCUT2D eigenvalue weighted by molar-refractivity contribution is 9.10. The summed E-state index contributed by atoms with van der Waals surface area (Å²) in [5.74, 6) is -0.203. The van der Waals surface area contributed by atoms with Crippen LogP contribution in [-0.2, 0) is 6.54 Å². The molecule has 0 aromatic heterocycles. The number of rotatable bonds is 2. The summed E-state index contributed by atoms with van der Waals surface area (Å²) in [4.78, 5) is 2.33. The van der Waals surface area contributed by atoms with Crippen molar-refractivity contribution in [3.8, 4) is 0 Å². The van der Waals surface area contributed by atoms with Gasteiger partial charge in [-0.05, 0) is 37.1 Å². The first-order valence-electron chi connectivity index (χ1n) is 5.57. The van der Waals surface area contributed by atoms with Gasteiger partial charge in [0, 0.05) is 23.6 Å². The average Bonchev–Trinajstić information content (AvgIpc) is 2.22. The van der Waals surface area contributed by atoms with E-state index in [1.807, 2.05) is 6.07 Å². The van der Waals surface area contributed by atoms with Crippen molar-refractivity contribution in [2.24, 2.45) is 5.73 Å². The lowest BCUT2D eigenvalue weighted by Gasteiger charge is -2.30. The normalized spacial score (nSPS) is 22.3. The molecule has 1 aromatic rings. The molecule has 88 valence electrons. The molecule has 2 rings (SSSR count). The van der Waals surface area contributed by atoms with Crippen LogP contribution in [0.25, 0.3) is 0 Å².